The minimum atomic E-state index is -1.90. The average molecular weight is 372 g/mol. The van der Waals surface area contributed by atoms with Crippen LogP contribution in [0.1, 0.15) is 43.8 Å². The highest BCUT2D eigenvalue weighted by atomic mass is 16.8. The van der Waals surface area contributed by atoms with Crippen molar-refractivity contribution in [3.63, 3.8) is 0 Å². The van der Waals surface area contributed by atoms with E-state index in [9.17, 15) is 35.1 Å². The Kier molecular flexibility index (Phi) is 2.84. The standard InChI is InChI=1S/C18H12O9/c19-6-1-2-7(20)12-11(6)14(22)5-3-8-13(16(24)10(5)15(12)23)18(25)4-9(21)27-17(18)26-8/h1-3,9,17,19-21,24-25H,4H2/t9-,17?,18-/m1/s1. The summed E-state index contributed by atoms with van der Waals surface area (Å²) in [5, 5.41) is 51.2. The van der Waals surface area contributed by atoms with Crippen LogP contribution in [0.25, 0.3) is 0 Å². The summed E-state index contributed by atoms with van der Waals surface area (Å²) in [6, 6.07) is 3.31. The highest BCUT2D eigenvalue weighted by Crippen LogP contribution is 2.55. The number of hydrogen-bond acceptors (Lipinski definition) is 9. The van der Waals surface area contributed by atoms with E-state index in [1.807, 2.05) is 0 Å². The van der Waals surface area contributed by atoms with E-state index >= 15 is 0 Å². The van der Waals surface area contributed by atoms with Gasteiger partial charge >= 0.3 is 0 Å². The van der Waals surface area contributed by atoms with Crippen molar-refractivity contribution in [2.75, 3.05) is 0 Å². The molecule has 1 saturated heterocycles. The van der Waals surface area contributed by atoms with Gasteiger partial charge in [-0.15, -0.1) is 0 Å². The van der Waals surface area contributed by atoms with Gasteiger partial charge in [-0.1, -0.05) is 0 Å². The Hall–Kier alpha value is -3.14. The van der Waals surface area contributed by atoms with Crippen molar-refractivity contribution in [2.24, 2.45) is 0 Å². The van der Waals surface area contributed by atoms with Crippen molar-refractivity contribution < 1.29 is 44.6 Å². The molecule has 2 aliphatic heterocycles. The maximum absolute atomic E-state index is 12.9. The molecule has 0 spiro atoms. The number of aromatic hydroxyl groups is 3. The number of carbonyl (C=O) groups excluding carboxylic acids is 2. The highest BCUT2D eigenvalue weighted by molar-refractivity contribution is 6.31. The number of phenols is 3. The van der Waals surface area contributed by atoms with E-state index in [-0.39, 0.29) is 28.9 Å². The molecule has 27 heavy (non-hydrogen) atoms. The third-order valence-electron chi connectivity index (χ3n) is 5.18. The summed E-state index contributed by atoms with van der Waals surface area (Å²) in [7, 11) is 0. The average Bonchev–Trinajstić information content (AvgIpc) is 3.02. The van der Waals surface area contributed by atoms with Crippen molar-refractivity contribution in [3.05, 3.63) is 46.0 Å². The molecular formula is C18H12O9. The van der Waals surface area contributed by atoms with E-state index in [1.54, 1.807) is 0 Å². The SMILES string of the molecule is O=C1c2cc3c(c(O)c2C(=O)c2c(O)ccc(O)c21)[C@]1(O)C[C@H](O)OC1O3. The molecule has 5 N–H and O–H groups in total. The Balaban J connectivity index is 1.80. The van der Waals surface area contributed by atoms with Gasteiger partial charge in [0.15, 0.2) is 17.7 Å². The fourth-order valence-corrected chi connectivity index (χ4v) is 3.99. The van der Waals surface area contributed by atoms with Crippen molar-refractivity contribution in [3.8, 4) is 23.0 Å². The van der Waals surface area contributed by atoms with Gasteiger partial charge in [-0.3, -0.25) is 9.59 Å². The molecule has 3 aliphatic rings. The molecule has 5 rings (SSSR count). The minimum Gasteiger partial charge on any atom is -0.507 e. The van der Waals surface area contributed by atoms with Crippen molar-refractivity contribution in [2.45, 2.75) is 24.6 Å². The maximum atomic E-state index is 12.9. The Morgan fingerprint density at radius 2 is 1.63 bits per heavy atom. The lowest BCUT2D eigenvalue weighted by molar-refractivity contribution is -0.173. The topological polar surface area (TPSA) is 154 Å². The van der Waals surface area contributed by atoms with Gasteiger partial charge in [0, 0.05) is 12.0 Å². The highest BCUT2D eigenvalue weighted by Gasteiger charge is 2.58. The molecule has 2 aromatic rings. The van der Waals surface area contributed by atoms with Crippen LogP contribution in [0.3, 0.4) is 0 Å². The second-order valence-corrected chi connectivity index (χ2v) is 6.70. The first-order valence-corrected chi connectivity index (χ1v) is 8.01. The van der Waals surface area contributed by atoms with Gasteiger partial charge < -0.3 is 35.0 Å². The van der Waals surface area contributed by atoms with Gasteiger partial charge in [0.05, 0.1) is 22.3 Å². The zero-order valence-electron chi connectivity index (χ0n) is 13.5. The summed E-state index contributed by atoms with van der Waals surface area (Å²) in [5.74, 6) is -3.47. The second-order valence-electron chi connectivity index (χ2n) is 6.70. The number of ketones is 2. The smallest absolute Gasteiger partial charge is 0.235 e. The molecule has 138 valence electrons. The summed E-state index contributed by atoms with van der Waals surface area (Å²) in [6.07, 6.45) is -2.95. The van der Waals surface area contributed by atoms with E-state index in [2.05, 4.69) is 0 Å². The fraction of sp³-hybridized carbons (Fsp3) is 0.222. The number of phenolic OH excluding ortho intramolecular Hbond substituents is 3. The van der Waals surface area contributed by atoms with Crippen molar-refractivity contribution >= 4 is 11.6 Å². The van der Waals surface area contributed by atoms with E-state index < -0.39 is 58.1 Å². The van der Waals surface area contributed by atoms with E-state index in [0.29, 0.717) is 0 Å². The summed E-state index contributed by atoms with van der Waals surface area (Å²) >= 11 is 0. The number of rotatable bonds is 0. The molecule has 1 unspecified atom stereocenters. The number of aliphatic hydroxyl groups is 2. The van der Waals surface area contributed by atoms with E-state index in [0.717, 1.165) is 12.1 Å². The fourth-order valence-electron chi connectivity index (χ4n) is 3.99. The summed E-state index contributed by atoms with van der Waals surface area (Å²) < 4.78 is 10.5. The first-order chi connectivity index (χ1) is 12.7. The molecule has 0 amide bonds. The molecule has 3 atom stereocenters. The monoisotopic (exact) mass is 372 g/mol. The molecule has 0 aromatic heterocycles. The van der Waals surface area contributed by atoms with E-state index in [1.165, 1.54) is 6.07 Å². The lowest BCUT2D eigenvalue weighted by atomic mass is 9.79. The van der Waals surface area contributed by atoms with Crippen LogP contribution in [0.2, 0.25) is 0 Å². The molecule has 2 heterocycles. The predicted octanol–water partition coefficient (Wildman–Crippen LogP) is 0.224. The van der Waals surface area contributed by atoms with Gasteiger partial charge in [0.25, 0.3) is 0 Å². The van der Waals surface area contributed by atoms with Crippen LogP contribution in [0, 0.1) is 0 Å². The third-order valence-corrected chi connectivity index (χ3v) is 5.18. The second kappa shape index (κ2) is 4.77. The Morgan fingerprint density at radius 1 is 1.00 bits per heavy atom. The van der Waals surface area contributed by atoms with Gasteiger partial charge in [0.2, 0.25) is 12.1 Å². The van der Waals surface area contributed by atoms with Gasteiger partial charge in [0.1, 0.15) is 23.0 Å². The molecule has 1 aliphatic carbocycles. The first-order valence-electron chi connectivity index (χ1n) is 8.01. The molecule has 0 bridgehead atoms. The molecule has 0 saturated carbocycles. The predicted molar refractivity (Wildman–Crippen MR) is 84.8 cm³/mol. The van der Waals surface area contributed by atoms with Crippen LogP contribution in [0.4, 0.5) is 0 Å². The molecule has 9 nitrogen and oxygen atoms in total. The first kappa shape index (κ1) is 16.1. The zero-order valence-corrected chi connectivity index (χ0v) is 13.5. The molecule has 9 heteroatoms. The van der Waals surface area contributed by atoms with Crippen LogP contribution in [-0.2, 0) is 10.3 Å². The molecule has 0 radical (unpaired) electrons. The number of carbonyl (C=O) groups is 2. The number of aliphatic hydroxyl groups excluding tert-OH is 1. The lowest BCUT2D eigenvalue weighted by Gasteiger charge is -2.23. The Morgan fingerprint density at radius 3 is 2.30 bits per heavy atom. The normalized spacial score (nSPS) is 27.6. The van der Waals surface area contributed by atoms with Crippen LogP contribution in [0.5, 0.6) is 23.0 Å². The Bertz CT molecular complexity index is 1070. The zero-order chi connectivity index (χ0) is 19.2. The summed E-state index contributed by atoms with van der Waals surface area (Å²) in [5.41, 5.74) is -3.56. The summed E-state index contributed by atoms with van der Waals surface area (Å²) in [4.78, 5) is 25.8. The van der Waals surface area contributed by atoms with E-state index in [4.69, 9.17) is 9.47 Å². The van der Waals surface area contributed by atoms with Crippen LogP contribution in [-0.4, -0.2) is 49.7 Å². The number of fused-ring (bicyclic) bond motifs is 5. The lowest BCUT2D eigenvalue weighted by Crippen LogP contribution is -2.33. The summed E-state index contributed by atoms with van der Waals surface area (Å²) in [6.45, 7) is 0. The van der Waals surface area contributed by atoms with Crippen LogP contribution >= 0.6 is 0 Å². The maximum Gasteiger partial charge on any atom is 0.235 e. The molecule has 1 fully saturated rings. The quantitative estimate of drug-likeness (QED) is 0.349. The van der Waals surface area contributed by atoms with Crippen molar-refractivity contribution in [1.29, 1.82) is 0 Å². The number of hydrogen-bond donors (Lipinski definition) is 5. The number of ether oxygens (including phenoxy) is 2. The third kappa shape index (κ3) is 1.78. The number of benzene rings is 2. The minimum absolute atomic E-state index is 0.0742. The van der Waals surface area contributed by atoms with Gasteiger partial charge in [-0.05, 0) is 18.2 Å². The van der Waals surface area contributed by atoms with Crippen LogP contribution in [0.15, 0.2) is 18.2 Å². The van der Waals surface area contributed by atoms with Crippen molar-refractivity contribution in [1.82, 2.24) is 0 Å². The van der Waals surface area contributed by atoms with Crippen LogP contribution < -0.4 is 4.74 Å². The Labute approximate surface area is 150 Å². The largest absolute Gasteiger partial charge is 0.507 e. The van der Waals surface area contributed by atoms with Gasteiger partial charge in [-0.2, -0.15) is 0 Å². The molecular weight excluding hydrogens is 360 g/mol. The molecule has 2 aromatic carbocycles. The van der Waals surface area contributed by atoms with Gasteiger partial charge in [-0.25, -0.2) is 0 Å².